The van der Waals surface area contributed by atoms with Crippen molar-refractivity contribution in [1.82, 2.24) is 5.32 Å². The first-order valence-corrected chi connectivity index (χ1v) is 7.17. The maximum absolute atomic E-state index is 12.8. The van der Waals surface area contributed by atoms with Crippen LogP contribution in [0.25, 0.3) is 0 Å². The van der Waals surface area contributed by atoms with Crippen LogP contribution in [0.3, 0.4) is 0 Å². The monoisotopic (exact) mass is 300 g/mol. The predicted octanol–water partition coefficient (Wildman–Crippen LogP) is 2.83. The fourth-order valence-corrected chi connectivity index (χ4v) is 2.32. The van der Waals surface area contributed by atoms with Crippen LogP contribution in [-0.2, 0) is 17.9 Å². The summed E-state index contributed by atoms with van der Waals surface area (Å²) in [6.07, 6.45) is -0.463. The molecular formula is C17H17FN2O2. The van der Waals surface area contributed by atoms with Gasteiger partial charge in [-0.05, 0) is 42.3 Å². The minimum absolute atomic E-state index is 0.135. The molecule has 1 unspecified atom stereocenters. The maximum atomic E-state index is 12.8. The third-order valence-electron chi connectivity index (χ3n) is 3.55. The first-order valence-electron chi connectivity index (χ1n) is 7.17. The lowest BCUT2D eigenvalue weighted by Gasteiger charge is -2.23. The van der Waals surface area contributed by atoms with Crippen molar-refractivity contribution in [3.63, 3.8) is 0 Å². The number of anilines is 1. The Kier molecular flexibility index (Phi) is 4.06. The average molecular weight is 300 g/mol. The van der Waals surface area contributed by atoms with Crippen molar-refractivity contribution in [3.05, 3.63) is 59.4 Å². The van der Waals surface area contributed by atoms with Crippen LogP contribution >= 0.6 is 0 Å². The summed E-state index contributed by atoms with van der Waals surface area (Å²) < 4.78 is 18.3. The topological polar surface area (TPSA) is 50.4 Å². The van der Waals surface area contributed by atoms with Gasteiger partial charge in [0.05, 0.1) is 5.69 Å². The number of carbonyl (C=O) groups is 1. The minimum Gasteiger partial charge on any atom is -0.479 e. The van der Waals surface area contributed by atoms with Crippen LogP contribution in [0.2, 0.25) is 0 Å². The largest absolute Gasteiger partial charge is 0.479 e. The Bertz CT molecular complexity index is 686. The van der Waals surface area contributed by atoms with Gasteiger partial charge in [0, 0.05) is 13.1 Å². The summed E-state index contributed by atoms with van der Waals surface area (Å²) in [7, 11) is 0. The molecule has 5 heteroatoms. The molecule has 0 aliphatic carbocycles. The van der Waals surface area contributed by atoms with E-state index in [0.29, 0.717) is 24.5 Å². The lowest BCUT2D eigenvalue weighted by atomic mass is 10.1. The summed E-state index contributed by atoms with van der Waals surface area (Å²) in [4.78, 5) is 11.6. The fourth-order valence-electron chi connectivity index (χ4n) is 2.32. The highest BCUT2D eigenvalue weighted by atomic mass is 19.1. The van der Waals surface area contributed by atoms with Gasteiger partial charge in [0.25, 0.3) is 5.91 Å². The number of nitrogens with one attached hydrogen (secondary N) is 2. The van der Waals surface area contributed by atoms with Gasteiger partial charge in [0.15, 0.2) is 6.10 Å². The van der Waals surface area contributed by atoms with Crippen LogP contribution in [0, 0.1) is 5.82 Å². The average Bonchev–Trinajstić information content (AvgIpc) is 2.51. The van der Waals surface area contributed by atoms with Gasteiger partial charge in [-0.2, -0.15) is 0 Å². The summed E-state index contributed by atoms with van der Waals surface area (Å²) in [5.41, 5.74) is 2.76. The molecule has 3 rings (SSSR count). The Balaban J connectivity index is 1.60. The second kappa shape index (κ2) is 6.15. The first kappa shape index (κ1) is 14.5. The van der Waals surface area contributed by atoms with Gasteiger partial charge in [0.2, 0.25) is 0 Å². The van der Waals surface area contributed by atoms with Gasteiger partial charge in [-0.3, -0.25) is 4.79 Å². The molecule has 1 atom stereocenters. The number of amides is 1. The number of rotatable bonds is 4. The summed E-state index contributed by atoms with van der Waals surface area (Å²) in [5, 5.41) is 6.12. The number of halogens is 1. The highest BCUT2D eigenvalue weighted by Crippen LogP contribution is 2.30. The van der Waals surface area contributed by atoms with Crippen molar-refractivity contribution >= 4 is 11.6 Å². The molecule has 1 aliphatic heterocycles. The van der Waals surface area contributed by atoms with Gasteiger partial charge in [-0.1, -0.05) is 18.2 Å². The zero-order valence-corrected chi connectivity index (χ0v) is 12.2. The normalized spacial score (nSPS) is 16.6. The zero-order chi connectivity index (χ0) is 15.5. The second-order valence-electron chi connectivity index (χ2n) is 5.31. The third-order valence-corrected chi connectivity index (χ3v) is 3.55. The highest BCUT2D eigenvalue weighted by molar-refractivity contribution is 5.97. The van der Waals surface area contributed by atoms with E-state index in [-0.39, 0.29) is 11.7 Å². The van der Waals surface area contributed by atoms with Crippen molar-refractivity contribution < 1.29 is 13.9 Å². The minimum atomic E-state index is -0.463. The molecule has 2 aromatic carbocycles. The van der Waals surface area contributed by atoms with E-state index in [0.717, 1.165) is 11.1 Å². The molecule has 0 saturated carbocycles. The van der Waals surface area contributed by atoms with E-state index in [1.54, 1.807) is 19.1 Å². The predicted molar refractivity (Wildman–Crippen MR) is 82.1 cm³/mol. The molecule has 4 nitrogen and oxygen atoms in total. The van der Waals surface area contributed by atoms with Crippen LogP contribution in [-0.4, -0.2) is 12.0 Å². The smallest absolute Gasteiger partial charge is 0.265 e. The summed E-state index contributed by atoms with van der Waals surface area (Å²) >= 11 is 0. The van der Waals surface area contributed by atoms with Gasteiger partial charge < -0.3 is 15.4 Å². The molecule has 22 heavy (non-hydrogen) atoms. The molecule has 0 bridgehead atoms. The molecule has 1 aliphatic rings. The Hall–Kier alpha value is -2.40. The van der Waals surface area contributed by atoms with E-state index in [4.69, 9.17) is 4.74 Å². The molecule has 1 amide bonds. The van der Waals surface area contributed by atoms with Gasteiger partial charge in [0.1, 0.15) is 11.6 Å². The van der Waals surface area contributed by atoms with Crippen molar-refractivity contribution in [2.24, 2.45) is 0 Å². The van der Waals surface area contributed by atoms with E-state index in [2.05, 4.69) is 10.6 Å². The summed E-state index contributed by atoms with van der Waals surface area (Å²) in [5.74, 6) is 0.321. The lowest BCUT2D eigenvalue weighted by molar-refractivity contribution is -0.122. The van der Waals surface area contributed by atoms with Crippen LogP contribution in [0.1, 0.15) is 18.1 Å². The van der Waals surface area contributed by atoms with Crippen LogP contribution in [0.4, 0.5) is 10.1 Å². The standard InChI is InChI=1S/C17H17FN2O2/c1-11-17(21)20-15-8-13(4-7-16(15)22-11)10-19-9-12-2-5-14(18)6-3-12/h2-8,11,19H,9-10H2,1H3,(H,20,21). The van der Waals surface area contributed by atoms with E-state index in [9.17, 15) is 9.18 Å². The van der Waals surface area contributed by atoms with Crippen molar-refractivity contribution in [2.45, 2.75) is 26.1 Å². The number of hydrogen-bond donors (Lipinski definition) is 2. The molecule has 0 radical (unpaired) electrons. The highest BCUT2D eigenvalue weighted by Gasteiger charge is 2.23. The number of benzene rings is 2. The van der Waals surface area contributed by atoms with E-state index in [1.165, 1.54) is 12.1 Å². The molecular weight excluding hydrogens is 283 g/mol. The number of ether oxygens (including phenoxy) is 1. The zero-order valence-electron chi connectivity index (χ0n) is 12.2. The van der Waals surface area contributed by atoms with Crippen molar-refractivity contribution in [1.29, 1.82) is 0 Å². The molecule has 0 fully saturated rings. The Morgan fingerprint density at radius 3 is 2.59 bits per heavy atom. The molecule has 1 heterocycles. The number of fused-ring (bicyclic) bond motifs is 1. The molecule has 2 aromatic rings. The van der Waals surface area contributed by atoms with Crippen molar-refractivity contribution in [2.75, 3.05) is 5.32 Å². The molecule has 2 N–H and O–H groups in total. The SMILES string of the molecule is CC1Oc2ccc(CNCc3ccc(F)cc3)cc2NC1=O. The summed E-state index contributed by atoms with van der Waals surface area (Å²) in [6, 6.07) is 12.1. The first-order chi connectivity index (χ1) is 10.6. The molecule has 114 valence electrons. The Morgan fingerprint density at radius 2 is 1.82 bits per heavy atom. The molecule has 0 saturated heterocycles. The number of carbonyl (C=O) groups excluding carboxylic acids is 1. The fraction of sp³-hybridized carbons (Fsp3) is 0.235. The molecule has 0 aromatic heterocycles. The van der Waals surface area contributed by atoms with E-state index < -0.39 is 6.10 Å². The number of hydrogen-bond acceptors (Lipinski definition) is 3. The van der Waals surface area contributed by atoms with Gasteiger partial charge in [-0.15, -0.1) is 0 Å². The van der Waals surface area contributed by atoms with E-state index in [1.807, 2.05) is 18.2 Å². The van der Waals surface area contributed by atoms with Crippen LogP contribution in [0.15, 0.2) is 42.5 Å². The Morgan fingerprint density at radius 1 is 1.14 bits per heavy atom. The lowest BCUT2D eigenvalue weighted by Crippen LogP contribution is -2.34. The van der Waals surface area contributed by atoms with Crippen LogP contribution < -0.4 is 15.4 Å². The maximum Gasteiger partial charge on any atom is 0.265 e. The van der Waals surface area contributed by atoms with E-state index >= 15 is 0 Å². The van der Waals surface area contributed by atoms with Crippen LogP contribution in [0.5, 0.6) is 5.75 Å². The second-order valence-corrected chi connectivity index (χ2v) is 5.31. The Labute approximate surface area is 128 Å². The van der Waals surface area contributed by atoms with Gasteiger partial charge >= 0.3 is 0 Å². The molecule has 0 spiro atoms. The van der Waals surface area contributed by atoms with Gasteiger partial charge in [-0.25, -0.2) is 4.39 Å². The van der Waals surface area contributed by atoms with Crippen molar-refractivity contribution in [3.8, 4) is 5.75 Å². The summed E-state index contributed by atoms with van der Waals surface area (Å²) in [6.45, 7) is 3.02. The quantitative estimate of drug-likeness (QED) is 0.913. The third kappa shape index (κ3) is 3.26.